The van der Waals surface area contributed by atoms with E-state index >= 15 is 0 Å². The Balaban J connectivity index is 3.07. The molecule has 1 N–H and O–H groups in total. The van der Waals surface area contributed by atoms with Crippen LogP contribution in [0.2, 0.25) is 0 Å². The number of amides is 1. The fourth-order valence-electron chi connectivity index (χ4n) is 1.86. The quantitative estimate of drug-likeness (QED) is 0.624. The van der Waals surface area contributed by atoms with Crippen LogP contribution in [0.25, 0.3) is 0 Å². The third-order valence-electron chi connectivity index (χ3n) is 3.78. The van der Waals surface area contributed by atoms with Crippen LogP contribution in [0, 0.1) is 0 Å². The molecule has 0 radical (unpaired) electrons. The van der Waals surface area contributed by atoms with Crippen molar-refractivity contribution >= 4 is 11.6 Å². The Morgan fingerprint density at radius 3 is 1.77 bits per heavy atom. The van der Waals surface area contributed by atoms with Crippen molar-refractivity contribution in [3.8, 4) is 0 Å². The summed E-state index contributed by atoms with van der Waals surface area (Å²) in [5.74, 6) is -23.3. The molecular weight excluding hydrogens is 381 g/mol. The van der Waals surface area contributed by atoms with Crippen LogP contribution in [0.3, 0.4) is 0 Å². The highest BCUT2D eigenvalue weighted by molar-refractivity contribution is 5.97. The van der Waals surface area contributed by atoms with Crippen LogP contribution in [0.1, 0.15) is 31.7 Å². The molecule has 0 spiro atoms. The highest BCUT2D eigenvalue weighted by Crippen LogP contribution is 2.53. The molecule has 1 atom stereocenters. The highest BCUT2D eigenvalue weighted by Gasteiger charge is 2.83. The lowest BCUT2D eigenvalue weighted by molar-refractivity contribution is -0.388. The SMILES string of the molecule is CCC(C)c1ccc(NC(=O)C(F)(F)C(F)(F)C(F)(F)C(F)(F)F)cc1. The molecule has 1 aromatic rings. The molecular formula is C15H14F9NO. The van der Waals surface area contributed by atoms with Crippen molar-refractivity contribution in [3.63, 3.8) is 0 Å². The number of benzene rings is 1. The monoisotopic (exact) mass is 395 g/mol. The molecule has 0 saturated carbocycles. The van der Waals surface area contributed by atoms with Crippen molar-refractivity contribution in [1.29, 1.82) is 0 Å². The summed E-state index contributed by atoms with van der Waals surface area (Å²) in [6.07, 6.45) is -6.26. The average molecular weight is 395 g/mol. The Labute approximate surface area is 142 Å². The number of carbonyl (C=O) groups excluding carboxylic acids is 1. The van der Waals surface area contributed by atoms with Crippen molar-refractivity contribution in [1.82, 2.24) is 0 Å². The van der Waals surface area contributed by atoms with E-state index in [-0.39, 0.29) is 5.92 Å². The predicted octanol–water partition coefficient (Wildman–Crippen LogP) is 5.61. The molecule has 0 fully saturated rings. The minimum atomic E-state index is -7.11. The minimum absolute atomic E-state index is 0.0519. The van der Waals surface area contributed by atoms with Crippen molar-refractivity contribution in [2.24, 2.45) is 0 Å². The maximum atomic E-state index is 13.4. The molecule has 1 aromatic carbocycles. The third kappa shape index (κ3) is 3.75. The lowest BCUT2D eigenvalue weighted by atomic mass is 9.98. The van der Waals surface area contributed by atoms with E-state index in [1.807, 2.05) is 13.8 Å². The molecule has 26 heavy (non-hydrogen) atoms. The fourth-order valence-corrected chi connectivity index (χ4v) is 1.86. The van der Waals surface area contributed by atoms with E-state index in [1.165, 1.54) is 17.4 Å². The maximum Gasteiger partial charge on any atom is 0.460 e. The van der Waals surface area contributed by atoms with Gasteiger partial charge < -0.3 is 5.32 Å². The summed E-state index contributed by atoms with van der Waals surface area (Å²) in [4.78, 5) is 11.3. The first kappa shape index (κ1) is 22.1. The standard InChI is InChI=1S/C15H14F9NO/c1-3-8(2)9-4-6-10(7-5-9)25-11(26)12(16,17)13(18,19)14(20,21)15(22,23)24/h4-8H,3H2,1-2H3,(H,25,26). The van der Waals surface area contributed by atoms with Crippen LogP contribution in [0.4, 0.5) is 45.2 Å². The second-order valence-electron chi connectivity index (χ2n) is 5.61. The molecule has 1 unspecified atom stereocenters. The summed E-state index contributed by atoms with van der Waals surface area (Å²) in [5, 5.41) is 1.23. The Hall–Kier alpha value is -1.94. The minimum Gasteiger partial charge on any atom is -0.321 e. The van der Waals surface area contributed by atoms with Gasteiger partial charge >= 0.3 is 29.9 Å². The van der Waals surface area contributed by atoms with E-state index in [4.69, 9.17) is 0 Å². The van der Waals surface area contributed by atoms with Gasteiger partial charge in [-0.3, -0.25) is 4.79 Å². The van der Waals surface area contributed by atoms with Gasteiger partial charge in [0, 0.05) is 5.69 Å². The molecule has 0 aliphatic heterocycles. The summed E-state index contributed by atoms with van der Waals surface area (Å²) in [6, 6.07) is 4.81. The number of halogens is 9. The number of anilines is 1. The van der Waals surface area contributed by atoms with Crippen molar-refractivity contribution in [3.05, 3.63) is 29.8 Å². The van der Waals surface area contributed by atoms with Gasteiger partial charge in [0.15, 0.2) is 0 Å². The number of nitrogens with one attached hydrogen (secondary N) is 1. The summed E-state index contributed by atoms with van der Waals surface area (Å²) < 4.78 is 115. The van der Waals surface area contributed by atoms with Crippen LogP contribution in [-0.4, -0.2) is 29.9 Å². The molecule has 0 aliphatic carbocycles. The largest absolute Gasteiger partial charge is 0.460 e. The normalized spacial score (nSPS) is 14.9. The van der Waals surface area contributed by atoms with Crippen LogP contribution >= 0.6 is 0 Å². The molecule has 2 nitrogen and oxygen atoms in total. The zero-order chi connectivity index (χ0) is 20.6. The summed E-state index contributed by atoms with van der Waals surface area (Å²) in [6.45, 7) is 3.67. The van der Waals surface area contributed by atoms with E-state index in [9.17, 15) is 44.3 Å². The zero-order valence-corrected chi connectivity index (χ0v) is 13.4. The summed E-state index contributed by atoms with van der Waals surface area (Å²) in [7, 11) is 0. The summed E-state index contributed by atoms with van der Waals surface area (Å²) >= 11 is 0. The zero-order valence-electron chi connectivity index (χ0n) is 13.4. The lowest BCUT2D eigenvalue weighted by Crippen LogP contribution is -2.64. The Morgan fingerprint density at radius 1 is 0.923 bits per heavy atom. The number of hydrogen-bond donors (Lipinski definition) is 1. The third-order valence-corrected chi connectivity index (χ3v) is 3.78. The number of alkyl halides is 9. The van der Waals surface area contributed by atoms with E-state index < -0.39 is 35.5 Å². The molecule has 0 aliphatic rings. The molecule has 11 heteroatoms. The summed E-state index contributed by atoms with van der Waals surface area (Å²) in [5.41, 5.74) is 0.249. The molecule has 0 aromatic heterocycles. The molecule has 148 valence electrons. The van der Waals surface area contributed by atoms with Gasteiger partial charge in [0.1, 0.15) is 0 Å². The van der Waals surface area contributed by atoms with Crippen LogP contribution in [-0.2, 0) is 4.79 Å². The Morgan fingerprint density at radius 2 is 1.38 bits per heavy atom. The Bertz CT molecular complexity index is 638. The van der Waals surface area contributed by atoms with E-state index in [1.54, 1.807) is 0 Å². The second-order valence-corrected chi connectivity index (χ2v) is 5.61. The predicted molar refractivity (Wildman–Crippen MR) is 74.7 cm³/mol. The van der Waals surface area contributed by atoms with Gasteiger partial charge in [0.25, 0.3) is 0 Å². The van der Waals surface area contributed by atoms with Gasteiger partial charge in [-0.15, -0.1) is 0 Å². The highest BCUT2D eigenvalue weighted by atomic mass is 19.4. The smallest absolute Gasteiger partial charge is 0.321 e. The number of carbonyl (C=O) groups is 1. The molecule has 0 bridgehead atoms. The molecule has 1 rings (SSSR count). The van der Waals surface area contributed by atoms with Gasteiger partial charge in [-0.1, -0.05) is 26.0 Å². The first-order chi connectivity index (χ1) is 11.6. The second kappa shape index (κ2) is 6.99. The van der Waals surface area contributed by atoms with Crippen molar-refractivity contribution in [2.75, 3.05) is 5.32 Å². The van der Waals surface area contributed by atoms with E-state index in [0.29, 0.717) is 12.0 Å². The first-order valence-electron chi connectivity index (χ1n) is 7.21. The molecule has 0 saturated heterocycles. The van der Waals surface area contributed by atoms with Gasteiger partial charge in [-0.05, 0) is 30.0 Å². The fraction of sp³-hybridized carbons (Fsp3) is 0.533. The van der Waals surface area contributed by atoms with Crippen molar-refractivity contribution in [2.45, 2.75) is 50.1 Å². The van der Waals surface area contributed by atoms with Gasteiger partial charge in [0.2, 0.25) is 0 Å². The first-order valence-corrected chi connectivity index (χ1v) is 7.21. The van der Waals surface area contributed by atoms with Crippen molar-refractivity contribution < 1.29 is 44.3 Å². The molecule has 1 amide bonds. The van der Waals surface area contributed by atoms with Crippen LogP contribution in [0.5, 0.6) is 0 Å². The Kier molecular flexibility index (Phi) is 5.94. The number of rotatable bonds is 6. The topological polar surface area (TPSA) is 29.1 Å². The van der Waals surface area contributed by atoms with Crippen LogP contribution in [0.15, 0.2) is 24.3 Å². The number of hydrogen-bond acceptors (Lipinski definition) is 1. The van der Waals surface area contributed by atoms with E-state index in [2.05, 4.69) is 0 Å². The average Bonchev–Trinajstić information content (AvgIpc) is 2.53. The van der Waals surface area contributed by atoms with E-state index in [0.717, 1.165) is 12.1 Å². The molecule has 0 heterocycles. The van der Waals surface area contributed by atoms with Crippen LogP contribution < -0.4 is 5.32 Å². The lowest BCUT2D eigenvalue weighted by Gasteiger charge is -2.32. The van der Waals surface area contributed by atoms with Gasteiger partial charge in [-0.25, -0.2) is 0 Å². The van der Waals surface area contributed by atoms with Gasteiger partial charge in [-0.2, -0.15) is 39.5 Å². The van der Waals surface area contributed by atoms with Gasteiger partial charge in [0.05, 0.1) is 0 Å². The maximum absolute atomic E-state index is 13.4.